The number of rotatable bonds is 5. The second-order valence-corrected chi connectivity index (χ2v) is 10.1. The van der Waals surface area contributed by atoms with Gasteiger partial charge in [-0.3, -0.25) is 14.4 Å². The second-order valence-electron chi connectivity index (χ2n) is 10.1. The van der Waals surface area contributed by atoms with Crippen LogP contribution in [0.3, 0.4) is 0 Å². The first-order valence-electron chi connectivity index (χ1n) is 12.4. The quantitative estimate of drug-likeness (QED) is 0.401. The molecule has 3 aromatic rings. The average molecular weight is 477 g/mol. The van der Waals surface area contributed by atoms with E-state index in [9.17, 15) is 14.4 Å². The first kappa shape index (κ1) is 21.1. The molecule has 0 radical (unpaired) electrons. The Morgan fingerprint density at radius 2 is 1.42 bits per heavy atom. The lowest BCUT2D eigenvalue weighted by atomic mass is 9.63. The summed E-state index contributed by atoms with van der Waals surface area (Å²) in [6.07, 6.45) is 5.45. The zero-order chi connectivity index (χ0) is 24.4. The van der Waals surface area contributed by atoms with Crippen molar-refractivity contribution in [1.82, 2.24) is 0 Å². The van der Waals surface area contributed by atoms with Crippen LogP contribution in [0.1, 0.15) is 16.8 Å². The molecule has 178 valence electrons. The third kappa shape index (κ3) is 3.28. The van der Waals surface area contributed by atoms with Gasteiger partial charge in [0.25, 0.3) is 5.91 Å². The van der Waals surface area contributed by atoms with Crippen LogP contribution in [0.15, 0.2) is 91.0 Å². The van der Waals surface area contributed by atoms with Gasteiger partial charge in [-0.2, -0.15) is 0 Å². The van der Waals surface area contributed by atoms with E-state index < -0.39 is 0 Å². The maximum Gasteiger partial charge on any atom is 0.255 e. The molecule has 1 aliphatic heterocycles. The molecule has 3 fully saturated rings. The molecule has 2 saturated carbocycles. The molecule has 8 rings (SSSR count). The molecule has 2 bridgehead atoms. The molecular weight excluding hydrogens is 452 g/mol. The van der Waals surface area contributed by atoms with E-state index in [0.717, 1.165) is 12.2 Å². The maximum atomic E-state index is 13.4. The summed E-state index contributed by atoms with van der Waals surface area (Å²) in [7, 11) is 0. The summed E-state index contributed by atoms with van der Waals surface area (Å²) in [6.45, 7) is 0. The van der Waals surface area contributed by atoms with Crippen LogP contribution in [0, 0.1) is 35.5 Å². The Morgan fingerprint density at radius 1 is 0.778 bits per heavy atom. The number of hydrogen-bond donors (Lipinski definition) is 1. The van der Waals surface area contributed by atoms with Crippen molar-refractivity contribution in [3.63, 3.8) is 0 Å². The number of nitrogens with zero attached hydrogens (tertiary/aromatic N) is 1. The van der Waals surface area contributed by atoms with E-state index in [-0.39, 0.29) is 41.4 Å². The smallest absolute Gasteiger partial charge is 0.255 e. The Hall–Kier alpha value is -4.19. The van der Waals surface area contributed by atoms with Gasteiger partial charge in [-0.05, 0) is 84.7 Å². The zero-order valence-electron chi connectivity index (χ0n) is 19.4. The number of anilines is 2. The van der Waals surface area contributed by atoms with Crippen LogP contribution in [-0.4, -0.2) is 17.7 Å². The Kier molecular flexibility index (Phi) is 4.64. The van der Waals surface area contributed by atoms with Crippen molar-refractivity contribution in [3.8, 4) is 11.5 Å². The monoisotopic (exact) mass is 476 g/mol. The van der Waals surface area contributed by atoms with Gasteiger partial charge in [0.1, 0.15) is 11.5 Å². The highest BCUT2D eigenvalue weighted by Crippen LogP contribution is 2.65. The maximum absolute atomic E-state index is 13.4. The second kappa shape index (κ2) is 7.92. The van der Waals surface area contributed by atoms with Crippen molar-refractivity contribution in [1.29, 1.82) is 0 Å². The number of imide groups is 1. The molecule has 0 unspecified atom stereocenters. The minimum atomic E-state index is -0.312. The number of nitrogens with one attached hydrogen (secondary N) is 1. The van der Waals surface area contributed by atoms with E-state index in [4.69, 9.17) is 4.74 Å². The van der Waals surface area contributed by atoms with Gasteiger partial charge in [0.2, 0.25) is 11.8 Å². The van der Waals surface area contributed by atoms with Gasteiger partial charge >= 0.3 is 0 Å². The van der Waals surface area contributed by atoms with Crippen LogP contribution >= 0.6 is 0 Å². The molecule has 36 heavy (non-hydrogen) atoms. The highest BCUT2D eigenvalue weighted by atomic mass is 16.5. The molecule has 6 heteroatoms. The van der Waals surface area contributed by atoms with Crippen LogP contribution in [-0.2, 0) is 9.59 Å². The minimum Gasteiger partial charge on any atom is -0.457 e. The SMILES string of the molecule is O=C(Nc1ccc(Oc2ccccc2)cc1)c1cccc(N2C(=O)[C@@H]3[C@H]4C=C[C@@H]([C@@H]5C[C@@H]45)[C@H]3C2=O)c1. The van der Waals surface area contributed by atoms with Gasteiger partial charge in [-0.25, -0.2) is 4.90 Å². The van der Waals surface area contributed by atoms with E-state index in [1.807, 2.05) is 30.3 Å². The summed E-state index contributed by atoms with van der Waals surface area (Å²) in [6, 6.07) is 23.3. The molecule has 1 N–H and O–H groups in total. The standard InChI is InChI=1S/C30H24N2O4/c33-28(31-18-9-11-21(12-10-18)36-20-7-2-1-3-8-20)17-5-4-6-19(15-17)32-29(34)26-22-13-14-23(25-16-24(22)25)27(26)30(32)35/h1-15,22-27H,16H2,(H,31,33)/t22-,23-,24-,25-,26+,27+/m0/s1. The largest absolute Gasteiger partial charge is 0.457 e. The normalized spacial score (nSPS) is 29.1. The number of amides is 3. The summed E-state index contributed by atoms with van der Waals surface area (Å²) in [5.74, 6) is 1.77. The van der Waals surface area contributed by atoms with E-state index in [0.29, 0.717) is 34.5 Å². The van der Waals surface area contributed by atoms with Gasteiger partial charge in [-0.1, -0.05) is 36.4 Å². The Morgan fingerprint density at radius 3 is 2.08 bits per heavy atom. The predicted octanol–water partition coefficient (Wildman–Crippen LogP) is 5.29. The van der Waals surface area contributed by atoms with Crippen LogP contribution in [0.25, 0.3) is 0 Å². The number of hydrogen-bond acceptors (Lipinski definition) is 4. The zero-order valence-corrected chi connectivity index (χ0v) is 19.4. The van der Waals surface area contributed by atoms with Crippen molar-refractivity contribution in [3.05, 3.63) is 96.6 Å². The van der Waals surface area contributed by atoms with Crippen molar-refractivity contribution >= 4 is 29.1 Å². The summed E-state index contributed by atoms with van der Waals surface area (Å²) in [4.78, 5) is 41.1. The highest BCUT2D eigenvalue weighted by Gasteiger charge is 2.67. The number of benzene rings is 3. The first-order chi connectivity index (χ1) is 17.6. The van der Waals surface area contributed by atoms with Crippen LogP contribution in [0.2, 0.25) is 0 Å². The van der Waals surface area contributed by atoms with Crippen molar-refractivity contribution in [2.75, 3.05) is 10.2 Å². The fourth-order valence-corrected chi connectivity index (χ4v) is 6.43. The Labute approximate surface area is 208 Å². The molecule has 5 aliphatic rings. The molecule has 6 atom stereocenters. The third-order valence-corrected chi connectivity index (χ3v) is 8.12. The Bertz CT molecular complexity index is 1380. The molecular formula is C30H24N2O4. The van der Waals surface area contributed by atoms with E-state index in [1.165, 1.54) is 4.90 Å². The lowest BCUT2D eigenvalue weighted by Crippen LogP contribution is -2.40. The molecule has 0 spiro atoms. The molecule has 3 aromatic carbocycles. The van der Waals surface area contributed by atoms with E-state index in [1.54, 1.807) is 48.5 Å². The molecule has 6 nitrogen and oxygen atoms in total. The van der Waals surface area contributed by atoms with Crippen molar-refractivity contribution in [2.24, 2.45) is 35.5 Å². The topological polar surface area (TPSA) is 75.7 Å². The number of allylic oxidation sites excluding steroid dienone is 2. The molecule has 1 heterocycles. The number of para-hydroxylation sites is 1. The third-order valence-electron chi connectivity index (χ3n) is 8.12. The number of carbonyl (C=O) groups excluding carboxylic acids is 3. The van der Waals surface area contributed by atoms with Gasteiger partial charge in [0, 0.05) is 11.3 Å². The first-order valence-corrected chi connectivity index (χ1v) is 12.4. The minimum absolute atomic E-state index is 0.124. The van der Waals surface area contributed by atoms with Crippen molar-refractivity contribution in [2.45, 2.75) is 6.42 Å². The van der Waals surface area contributed by atoms with Crippen LogP contribution in [0.5, 0.6) is 11.5 Å². The highest BCUT2D eigenvalue weighted by molar-refractivity contribution is 6.23. The fourth-order valence-electron chi connectivity index (χ4n) is 6.43. The average Bonchev–Trinajstić information content (AvgIpc) is 3.69. The lowest BCUT2D eigenvalue weighted by molar-refractivity contribution is -0.124. The van der Waals surface area contributed by atoms with Gasteiger partial charge in [0.15, 0.2) is 0 Å². The van der Waals surface area contributed by atoms with Gasteiger partial charge in [-0.15, -0.1) is 0 Å². The molecule has 1 saturated heterocycles. The van der Waals surface area contributed by atoms with Crippen molar-refractivity contribution < 1.29 is 19.1 Å². The van der Waals surface area contributed by atoms with Crippen LogP contribution in [0.4, 0.5) is 11.4 Å². The molecule has 3 amide bonds. The molecule has 4 aliphatic carbocycles. The lowest BCUT2D eigenvalue weighted by Gasteiger charge is -2.37. The number of carbonyl (C=O) groups is 3. The fraction of sp³-hybridized carbons (Fsp3) is 0.233. The van der Waals surface area contributed by atoms with Gasteiger partial charge < -0.3 is 10.1 Å². The van der Waals surface area contributed by atoms with E-state index in [2.05, 4.69) is 17.5 Å². The Balaban J connectivity index is 1.07. The summed E-state index contributed by atoms with van der Waals surface area (Å²) >= 11 is 0. The molecule has 0 aromatic heterocycles. The van der Waals surface area contributed by atoms with E-state index >= 15 is 0 Å². The summed E-state index contributed by atoms with van der Waals surface area (Å²) < 4.78 is 5.80. The van der Waals surface area contributed by atoms with Gasteiger partial charge in [0.05, 0.1) is 17.5 Å². The summed E-state index contributed by atoms with van der Waals surface area (Å²) in [5, 5.41) is 2.88. The number of ether oxygens (including phenoxy) is 1. The van der Waals surface area contributed by atoms with Crippen LogP contribution < -0.4 is 15.0 Å². The predicted molar refractivity (Wildman–Crippen MR) is 135 cm³/mol. The summed E-state index contributed by atoms with van der Waals surface area (Å²) in [5.41, 5.74) is 1.47.